The largest absolute Gasteiger partial charge is 0.347 e. The third kappa shape index (κ3) is 3.76. The van der Waals surface area contributed by atoms with E-state index in [2.05, 4.69) is 15.6 Å². The Bertz CT molecular complexity index is 1000. The number of aryl methyl sites for hydroxylation is 1. The molecule has 1 aliphatic carbocycles. The molecule has 1 aliphatic rings. The number of aromatic nitrogens is 2. The molecule has 6 heteroatoms. The lowest BCUT2D eigenvalue weighted by Crippen LogP contribution is -2.37. The van der Waals surface area contributed by atoms with Crippen LogP contribution in [0.5, 0.6) is 0 Å². The summed E-state index contributed by atoms with van der Waals surface area (Å²) in [5.41, 5.74) is 2.67. The van der Waals surface area contributed by atoms with Crippen LogP contribution in [0.2, 0.25) is 0 Å². The maximum absolute atomic E-state index is 12.8. The van der Waals surface area contributed by atoms with Crippen molar-refractivity contribution in [3.8, 4) is 0 Å². The molecule has 0 aliphatic heterocycles. The smallest absolute Gasteiger partial charge is 0.287 e. The minimum Gasteiger partial charge on any atom is -0.347 e. The van der Waals surface area contributed by atoms with Gasteiger partial charge in [0.15, 0.2) is 5.69 Å². The molecule has 144 valence electrons. The van der Waals surface area contributed by atoms with Crippen LogP contribution in [0.4, 0.5) is 5.69 Å². The first-order valence-corrected chi connectivity index (χ1v) is 9.78. The number of rotatable bonds is 4. The monoisotopic (exact) mass is 376 g/mol. The summed E-state index contributed by atoms with van der Waals surface area (Å²) < 4.78 is 1.68. The molecule has 2 N–H and O–H groups in total. The average Bonchev–Trinajstić information content (AvgIpc) is 3.10. The highest BCUT2D eigenvalue weighted by molar-refractivity contribution is 6.08. The molecular formula is C22H24N4O2. The molecule has 0 unspecified atom stereocenters. The van der Waals surface area contributed by atoms with Gasteiger partial charge < -0.3 is 10.6 Å². The van der Waals surface area contributed by atoms with E-state index in [9.17, 15) is 9.59 Å². The van der Waals surface area contributed by atoms with Crippen molar-refractivity contribution in [2.45, 2.75) is 45.1 Å². The zero-order chi connectivity index (χ0) is 19.5. The lowest BCUT2D eigenvalue weighted by Gasteiger charge is -2.22. The van der Waals surface area contributed by atoms with Crippen LogP contribution in [0.15, 0.2) is 48.7 Å². The summed E-state index contributed by atoms with van der Waals surface area (Å²) >= 11 is 0. The van der Waals surface area contributed by atoms with Gasteiger partial charge in [-0.1, -0.05) is 43.0 Å². The molecule has 0 radical (unpaired) electrons. The van der Waals surface area contributed by atoms with Crippen LogP contribution in [0.25, 0.3) is 5.52 Å². The minimum absolute atomic E-state index is 0.183. The van der Waals surface area contributed by atoms with E-state index in [1.165, 1.54) is 6.42 Å². The summed E-state index contributed by atoms with van der Waals surface area (Å²) in [6.07, 6.45) is 7.25. The molecule has 2 heterocycles. The fraction of sp³-hybridized carbons (Fsp3) is 0.318. The molecule has 4 rings (SSSR count). The Labute approximate surface area is 164 Å². The molecule has 2 amide bonds. The van der Waals surface area contributed by atoms with Crippen molar-refractivity contribution < 1.29 is 9.59 Å². The molecule has 28 heavy (non-hydrogen) atoms. The van der Waals surface area contributed by atoms with Crippen molar-refractivity contribution in [2.75, 3.05) is 5.32 Å². The summed E-state index contributed by atoms with van der Waals surface area (Å²) in [6, 6.07) is 13.2. The van der Waals surface area contributed by atoms with Gasteiger partial charge in [0.2, 0.25) is 5.82 Å². The van der Waals surface area contributed by atoms with Gasteiger partial charge in [-0.05, 0) is 44.0 Å². The number of carbonyl (C=O) groups is 2. The normalized spacial score (nSPS) is 14.8. The first-order chi connectivity index (χ1) is 13.6. The van der Waals surface area contributed by atoms with Crippen molar-refractivity contribution in [1.82, 2.24) is 14.7 Å². The molecule has 0 saturated heterocycles. The van der Waals surface area contributed by atoms with Crippen molar-refractivity contribution >= 4 is 23.0 Å². The Hall–Kier alpha value is -3.15. The standard InChI is InChI=1S/C22H24N4O2/c1-15-10-12-17(13-11-15)23-21(27)19-18-9-5-6-14-26(18)20(25-19)22(28)24-16-7-3-2-4-8-16/h5-6,9-14,16H,2-4,7-8H2,1H3,(H,23,27)(H,24,28). The highest BCUT2D eigenvalue weighted by Crippen LogP contribution is 2.19. The number of nitrogens with one attached hydrogen (secondary N) is 2. The number of nitrogens with zero attached hydrogens (tertiary/aromatic N) is 2. The highest BCUT2D eigenvalue weighted by Gasteiger charge is 2.24. The fourth-order valence-electron chi connectivity index (χ4n) is 3.69. The quantitative estimate of drug-likeness (QED) is 0.724. The Kier molecular flexibility index (Phi) is 5.10. The van der Waals surface area contributed by atoms with Gasteiger partial charge in [-0.25, -0.2) is 4.98 Å². The molecule has 0 atom stereocenters. The van der Waals surface area contributed by atoms with Gasteiger partial charge >= 0.3 is 0 Å². The number of hydrogen-bond acceptors (Lipinski definition) is 3. The van der Waals surface area contributed by atoms with Crippen molar-refractivity contribution in [3.63, 3.8) is 0 Å². The number of benzene rings is 1. The van der Waals surface area contributed by atoms with Crippen LogP contribution in [0.3, 0.4) is 0 Å². The molecule has 0 bridgehead atoms. The number of hydrogen-bond donors (Lipinski definition) is 2. The molecule has 2 aromatic heterocycles. The van der Waals surface area contributed by atoms with E-state index in [-0.39, 0.29) is 29.4 Å². The second-order valence-electron chi connectivity index (χ2n) is 7.37. The summed E-state index contributed by atoms with van der Waals surface area (Å²) in [4.78, 5) is 30.1. The maximum Gasteiger partial charge on any atom is 0.287 e. The summed E-state index contributed by atoms with van der Waals surface area (Å²) in [5.74, 6) is -0.318. The second-order valence-corrected chi connectivity index (χ2v) is 7.37. The van der Waals surface area contributed by atoms with Crippen LogP contribution in [0.1, 0.15) is 58.8 Å². The first-order valence-electron chi connectivity index (χ1n) is 9.78. The van der Waals surface area contributed by atoms with Crippen LogP contribution in [0, 0.1) is 6.92 Å². The molecule has 1 aromatic carbocycles. The van der Waals surface area contributed by atoms with Crippen LogP contribution < -0.4 is 10.6 Å². The van der Waals surface area contributed by atoms with E-state index in [0.717, 1.165) is 31.2 Å². The molecule has 6 nitrogen and oxygen atoms in total. The molecule has 3 aromatic rings. The average molecular weight is 376 g/mol. The van der Waals surface area contributed by atoms with Crippen molar-refractivity contribution in [1.29, 1.82) is 0 Å². The number of pyridine rings is 1. The Morgan fingerprint density at radius 1 is 1.00 bits per heavy atom. The molecule has 1 saturated carbocycles. The van der Waals surface area contributed by atoms with E-state index >= 15 is 0 Å². The van der Waals surface area contributed by atoms with Gasteiger partial charge in [-0.2, -0.15) is 0 Å². The highest BCUT2D eigenvalue weighted by atomic mass is 16.2. The fourth-order valence-corrected chi connectivity index (χ4v) is 3.69. The maximum atomic E-state index is 12.8. The lowest BCUT2D eigenvalue weighted by molar-refractivity contribution is 0.0916. The number of carbonyl (C=O) groups excluding carboxylic acids is 2. The summed E-state index contributed by atoms with van der Waals surface area (Å²) in [5, 5.41) is 5.95. The van der Waals surface area contributed by atoms with Gasteiger partial charge in [-0.3, -0.25) is 14.0 Å². The van der Waals surface area contributed by atoms with Gasteiger partial charge in [0.05, 0.1) is 5.52 Å². The zero-order valence-corrected chi connectivity index (χ0v) is 15.9. The van der Waals surface area contributed by atoms with E-state index in [1.54, 1.807) is 16.7 Å². The van der Waals surface area contributed by atoms with Crippen LogP contribution >= 0.6 is 0 Å². The number of amides is 2. The van der Waals surface area contributed by atoms with Gasteiger partial charge in [-0.15, -0.1) is 0 Å². The van der Waals surface area contributed by atoms with E-state index in [0.29, 0.717) is 11.2 Å². The molecular weight excluding hydrogens is 352 g/mol. The van der Waals surface area contributed by atoms with Crippen LogP contribution in [-0.2, 0) is 0 Å². The van der Waals surface area contributed by atoms with E-state index < -0.39 is 0 Å². The van der Waals surface area contributed by atoms with E-state index in [1.807, 2.05) is 43.3 Å². The second kappa shape index (κ2) is 7.84. The Morgan fingerprint density at radius 2 is 1.75 bits per heavy atom. The van der Waals surface area contributed by atoms with Crippen molar-refractivity contribution in [3.05, 3.63) is 65.7 Å². The lowest BCUT2D eigenvalue weighted by atomic mass is 9.95. The number of anilines is 1. The van der Waals surface area contributed by atoms with E-state index in [4.69, 9.17) is 0 Å². The minimum atomic E-state index is -0.329. The predicted molar refractivity (Wildman–Crippen MR) is 109 cm³/mol. The third-order valence-electron chi connectivity index (χ3n) is 5.22. The SMILES string of the molecule is Cc1ccc(NC(=O)c2nc(C(=O)NC3CCCCC3)n3ccccc23)cc1. The third-order valence-corrected chi connectivity index (χ3v) is 5.22. The van der Waals surface area contributed by atoms with Crippen molar-refractivity contribution in [2.24, 2.45) is 0 Å². The van der Waals surface area contributed by atoms with Gasteiger partial charge in [0.25, 0.3) is 11.8 Å². The Balaban J connectivity index is 1.61. The number of imidazole rings is 1. The predicted octanol–water partition coefficient (Wildman–Crippen LogP) is 3.96. The topological polar surface area (TPSA) is 75.5 Å². The summed E-state index contributed by atoms with van der Waals surface area (Å²) in [7, 11) is 0. The summed E-state index contributed by atoms with van der Waals surface area (Å²) in [6.45, 7) is 1.99. The number of fused-ring (bicyclic) bond motifs is 1. The molecule has 1 fully saturated rings. The first kappa shape index (κ1) is 18.2. The van der Waals surface area contributed by atoms with Gasteiger partial charge in [0.1, 0.15) is 0 Å². The van der Waals surface area contributed by atoms with Crippen LogP contribution in [-0.4, -0.2) is 27.2 Å². The molecule has 0 spiro atoms. The Morgan fingerprint density at radius 3 is 2.50 bits per heavy atom. The van der Waals surface area contributed by atoms with Gasteiger partial charge in [0, 0.05) is 17.9 Å². The zero-order valence-electron chi connectivity index (χ0n) is 15.9.